The number of piperazine rings is 1. The summed E-state index contributed by atoms with van der Waals surface area (Å²) in [4.78, 5) is 16.3. The molecule has 1 N–H and O–H groups in total. The Hall–Kier alpha value is -0.820. The number of carbonyl (C=O) groups is 1. The monoisotopic (exact) mass is 317 g/mol. The average molecular weight is 317 g/mol. The molecule has 0 aliphatic carbocycles. The van der Waals surface area contributed by atoms with Crippen LogP contribution in [0, 0.1) is 5.92 Å². The summed E-state index contributed by atoms with van der Waals surface area (Å²) in [6.45, 7) is 8.80. The minimum Gasteiger partial charge on any atom is -0.334 e. The van der Waals surface area contributed by atoms with Crippen molar-refractivity contribution in [2.75, 3.05) is 44.2 Å². The zero-order valence-electron chi connectivity index (χ0n) is 13.0. The molecule has 2 fully saturated rings. The van der Waals surface area contributed by atoms with Crippen molar-refractivity contribution in [3.63, 3.8) is 0 Å². The van der Waals surface area contributed by atoms with Crippen molar-refractivity contribution in [3.05, 3.63) is 0 Å². The van der Waals surface area contributed by atoms with Crippen LogP contribution >= 0.6 is 0 Å². The fraction of sp³-hybridized carbons (Fsp3) is 0.929. The standard InChI is InChI=1S/C14H27N3O3S/c1-12(2)3-5-16-6-8-17(9-7-16)14(18)15-13-4-10-21(19,20)11-13/h12-13H,3-11H2,1-2H3,(H,15,18)/t13-/m1/s1. The van der Waals surface area contributed by atoms with E-state index in [2.05, 4.69) is 24.1 Å². The molecule has 21 heavy (non-hydrogen) atoms. The number of sulfone groups is 1. The Balaban J connectivity index is 1.71. The van der Waals surface area contributed by atoms with Crippen molar-refractivity contribution in [3.8, 4) is 0 Å². The summed E-state index contributed by atoms with van der Waals surface area (Å²) in [6, 6.07) is -0.318. The lowest BCUT2D eigenvalue weighted by Gasteiger charge is -2.35. The van der Waals surface area contributed by atoms with Crippen LogP contribution in [0.3, 0.4) is 0 Å². The predicted molar refractivity (Wildman–Crippen MR) is 83.1 cm³/mol. The maximum atomic E-state index is 12.1. The van der Waals surface area contributed by atoms with Gasteiger partial charge in [0.2, 0.25) is 0 Å². The Labute approximate surface area is 127 Å². The van der Waals surface area contributed by atoms with Gasteiger partial charge in [-0.2, -0.15) is 0 Å². The fourth-order valence-corrected chi connectivity index (χ4v) is 4.46. The highest BCUT2D eigenvalue weighted by molar-refractivity contribution is 7.91. The van der Waals surface area contributed by atoms with E-state index >= 15 is 0 Å². The molecular formula is C14H27N3O3S. The van der Waals surface area contributed by atoms with Crippen LogP contribution in [-0.2, 0) is 9.84 Å². The summed E-state index contributed by atoms with van der Waals surface area (Å²) >= 11 is 0. The molecule has 6 nitrogen and oxygen atoms in total. The van der Waals surface area contributed by atoms with E-state index in [1.807, 2.05) is 0 Å². The third kappa shape index (κ3) is 5.14. The molecule has 0 aromatic carbocycles. The van der Waals surface area contributed by atoms with Crippen molar-refractivity contribution >= 4 is 15.9 Å². The van der Waals surface area contributed by atoms with Crippen LogP contribution in [-0.4, -0.2) is 74.5 Å². The van der Waals surface area contributed by atoms with Crippen LogP contribution in [0.15, 0.2) is 0 Å². The van der Waals surface area contributed by atoms with Crippen molar-refractivity contribution in [1.82, 2.24) is 15.1 Å². The lowest BCUT2D eigenvalue weighted by atomic mass is 10.1. The van der Waals surface area contributed by atoms with Gasteiger partial charge in [-0.3, -0.25) is 4.90 Å². The van der Waals surface area contributed by atoms with Gasteiger partial charge in [-0.05, 0) is 25.3 Å². The van der Waals surface area contributed by atoms with Gasteiger partial charge in [-0.25, -0.2) is 13.2 Å². The van der Waals surface area contributed by atoms with Gasteiger partial charge in [0.05, 0.1) is 11.5 Å². The maximum Gasteiger partial charge on any atom is 0.317 e. The summed E-state index contributed by atoms with van der Waals surface area (Å²) in [7, 11) is -2.94. The second-order valence-electron chi connectivity index (χ2n) is 6.56. The highest BCUT2D eigenvalue weighted by Crippen LogP contribution is 2.12. The molecule has 2 aliphatic rings. The minimum atomic E-state index is -2.94. The molecule has 0 aromatic heterocycles. The van der Waals surface area contributed by atoms with E-state index in [-0.39, 0.29) is 23.6 Å². The first-order valence-corrected chi connectivity index (χ1v) is 9.66. The van der Waals surface area contributed by atoms with E-state index in [1.54, 1.807) is 4.90 Å². The summed E-state index contributed by atoms with van der Waals surface area (Å²) in [6.07, 6.45) is 1.73. The normalized spacial score (nSPS) is 26.2. The molecular weight excluding hydrogens is 290 g/mol. The van der Waals surface area contributed by atoms with Gasteiger partial charge in [-0.15, -0.1) is 0 Å². The smallest absolute Gasteiger partial charge is 0.317 e. The number of hydrogen-bond acceptors (Lipinski definition) is 4. The first-order chi connectivity index (χ1) is 9.85. The van der Waals surface area contributed by atoms with Crippen LogP contribution < -0.4 is 5.32 Å². The molecule has 0 radical (unpaired) electrons. The van der Waals surface area contributed by atoms with E-state index in [4.69, 9.17) is 0 Å². The van der Waals surface area contributed by atoms with E-state index in [0.717, 1.165) is 32.7 Å². The first-order valence-electron chi connectivity index (χ1n) is 7.84. The molecule has 2 heterocycles. The third-order valence-electron chi connectivity index (χ3n) is 4.24. The summed E-state index contributed by atoms with van der Waals surface area (Å²) in [5, 5.41) is 2.86. The van der Waals surface area contributed by atoms with E-state index < -0.39 is 9.84 Å². The molecule has 2 rings (SSSR count). The molecule has 1 atom stereocenters. The van der Waals surface area contributed by atoms with E-state index in [9.17, 15) is 13.2 Å². The van der Waals surface area contributed by atoms with Gasteiger partial charge in [-0.1, -0.05) is 13.8 Å². The van der Waals surface area contributed by atoms with E-state index in [0.29, 0.717) is 12.3 Å². The minimum absolute atomic E-state index is 0.0904. The lowest BCUT2D eigenvalue weighted by molar-refractivity contribution is 0.134. The second kappa shape index (κ2) is 6.96. The molecule has 0 aromatic rings. The molecule has 0 saturated carbocycles. The van der Waals surface area contributed by atoms with Crippen LogP contribution in [0.2, 0.25) is 0 Å². The van der Waals surface area contributed by atoms with Crippen molar-refractivity contribution in [1.29, 1.82) is 0 Å². The number of hydrogen-bond donors (Lipinski definition) is 1. The topological polar surface area (TPSA) is 69.7 Å². The fourth-order valence-electron chi connectivity index (χ4n) is 2.79. The molecule has 7 heteroatoms. The average Bonchev–Trinajstić information content (AvgIpc) is 2.76. The van der Waals surface area contributed by atoms with Gasteiger partial charge in [0.15, 0.2) is 9.84 Å². The molecule has 0 spiro atoms. The van der Waals surface area contributed by atoms with Gasteiger partial charge < -0.3 is 10.2 Å². The largest absolute Gasteiger partial charge is 0.334 e. The van der Waals surface area contributed by atoms with Crippen molar-refractivity contribution in [2.45, 2.75) is 32.7 Å². The summed E-state index contributed by atoms with van der Waals surface area (Å²) in [5.74, 6) is 0.990. The van der Waals surface area contributed by atoms with Crippen LogP contribution in [0.1, 0.15) is 26.7 Å². The van der Waals surface area contributed by atoms with Gasteiger partial charge in [0.25, 0.3) is 0 Å². The summed E-state index contributed by atoms with van der Waals surface area (Å²) in [5.41, 5.74) is 0. The Kier molecular flexibility index (Phi) is 5.48. The second-order valence-corrected chi connectivity index (χ2v) is 8.79. The van der Waals surface area contributed by atoms with Crippen molar-refractivity contribution in [2.24, 2.45) is 5.92 Å². The SMILES string of the molecule is CC(C)CCN1CCN(C(=O)N[C@@H]2CCS(=O)(=O)C2)CC1. The van der Waals surface area contributed by atoms with Crippen LogP contribution in [0.25, 0.3) is 0 Å². The molecule has 0 unspecified atom stereocenters. The Morgan fingerprint density at radius 3 is 2.43 bits per heavy atom. The molecule has 2 amide bonds. The van der Waals surface area contributed by atoms with Crippen molar-refractivity contribution < 1.29 is 13.2 Å². The third-order valence-corrected chi connectivity index (χ3v) is 6.01. The summed E-state index contributed by atoms with van der Waals surface area (Å²) < 4.78 is 22.8. The number of nitrogens with one attached hydrogen (secondary N) is 1. The Bertz CT molecular complexity index is 456. The van der Waals surface area contributed by atoms with Gasteiger partial charge in [0.1, 0.15) is 0 Å². The van der Waals surface area contributed by atoms with Gasteiger partial charge in [0, 0.05) is 32.2 Å². The van der Waals surface area contributed by atoms with Crippen LogP contribution in [0.5, 0.6) is 0 Å². The zero-order chi connectivity index (χ0) is 15.5. The molecule has 122 valence electrons. The highest BCUT2D eigenvalue weighted by atomic mass is 32.2. The van der Waals surface area contributed by atoms with Crippen LogP contribution in [0.4, 0.5) is 4.79 Å². The number of urea groups is 1. The number of nitrogens with zero attached hydrogens (tertiary/aromatic N) is 2. The molecule has 2 aliphatic heterocycles. The first kappa shape index (κ1) is 16.5. The quantitative estimate of drug-likeness (QED) is 0.822. The zero-order valence-corrected chi connectivity index (χ0v) is 13.9. The number of carbonyl (C=O) groups excluding carboxylic acids is 1. The Morgan fingerprint density at radius 1 is 1.24 bits per heavy atom. The number of rotatable bonds is 4. The maximum absolute atomic E-state index is 12.1. The lowest BCUT2D eigenvalue weighted by Crippen LogP contribution is -2.53. The molecule has 0 bridgehead atoms. The highest BCUT2D eigenvalue weighted by Gasteiger charge is 2.30. The predicted octanol–water partition coefficient (Wildman–Crippen LogP) is 0.547. The van der Waals surface area contributed by atoms with Gasteiger partial charge >= 0.3 is 6.03 Å². The number of amides is 2. The molecule has 2 saturated heterocycles. The van der Waals surface area contributed by atoms with E-state index in [1.165, 1.54) is 6.42 Å². The Morgan fingerprint density at radius 2 is 1.90 bits per heavy atom.